The molecule has 2 aromatic carbocycles. The van der Waals surface area contributed by atoms with Crippen LogP contribution in [0.3, 0.4) is 0 Å². The minimum Gasteiger partial charge on any atom is -0.350 e. The molecular formula is C24H30ClN3O3S. The summed E-state index contributed by atoms with van der Waals surface area (Å²) in [4.78, 5) is 14.8. The number of hydrogen-bond acceptors (Lipinski definition) is 4. The Bertz CT molecular complexity index is 1040. The molecule has 0 atom stereocenters. The maximum absolute atomic E-state index is 12.6. The average molecular weight is 476 g/mol. The zero-order valence-electron chi connectivity index (χ0n) is 18.4. The van der Waals surface area contributed by atoms with Gasteiger partial charge in [-0.1, -0.05) is 49.7 Å². The first-order chi connectivity index (χ1) is 15.2. The van der Waals surface area contributed by atoms with Crippen LogP contribution in [-0.4, -0.2) is 44.9 Å². The number of likely N-dealkylation sites (tertiary alicyclic amines) is 1. The Labute approximate surface area is 195 Å². The summed E-state index contributed by atoms with van der Waals surface area (Å²) in [5.41, 5.74) is 1.06. The minimum atomic E-state index is -3.76. The smallest absolute Gasteiger partial charge is 0.261 e. The summed E-state index contributed by atoms with van der Waals surface area (Å²) >= 11 is 6.03. The van der Waals surface area contributed by atoms with Crippen LogP contribution in [0.5, 0.6) is 0 Å². The van der Waals surface area contributed by atoms with Gasteiger partial charge in [0.2, 0.25) is 5.91 Å². The fourth-order valence-electron chi connectivity index (χ4n) is 3.70. The van der Waals surface area contributed by atoms with Crippen molar-refractivity contribution in [1.82, 2.24) is 10.2 Å². The number of amides is 1. The van der Waals surface area contributed by atoms with Crippen molar-refractivity contribution in [2.24, 2.45) is 5.92 Å². The Balaban J connectivity index is 1.53. The van der Waals surface area contributed by atoms with Crippen LogP contribution >= 0.6 is 11.6 Å². The second kappa shape index (κ2) is 11.0. The fraction of sp³-hybridized carbons (Fsp3) is 0.375. The predicted octanol–water partition coefficient (Wildman–Crippen LogP) is 4.39. The van der Waals surface area contributed by atoms with E-state index in [1.54, 1.807) is 42.5 Å². The van der Waals surface area contributed by atoms with E-state index >= 15 is 0 Å². The van der Waals surface area contributed by atoms with Gasteiger partial charge >= 0.3 is 0 Å². The number of sulfonamides is 1. The van der Waals surface area contributed by atoms with Gasteiger partial charge in [-0.15, -0.1) is 0 Å². The minimum absolute atomic E-state index is 0.118. The monoisotopic (exact) mass is 475 g/mol. The van der Waals surface area contributed by atoms with Gasteiger partial charge in [-0.05, 0) is 54.7 Å². The third kappa shape index (κ3) is 7.08. The van der Waals surface area contributed by atoms with Crippen LogP contribution in [0, 0.1) is 5.92 Å². The molecule has 3 rings (SSSR count). The number of nitrogens with one attached hydrogen (secondary N) is 2. The molecule has 0 spiro atoms. The zero-order chi connectivity index (χ0) is 23.1. The quantitative estimate of drug-likeness (QED) is 0.555. The van der Waals surface area contributed by atoms with Crippen molar-refractivity contribution in [3.05, 3.63) is 65.2 Å². The molecule has 1 fully saturated rings. The molecule has 1 saturated heterocycles. The molecule has 1 heterocycles. The molecule has 0 aromatic heterocycles. The SMILES string of the molecule is CC(C)CN1CCC(NC(=O)/C=C/c2ccc(S(=O)(=O)Nc3ccccc3Cl)cc2)CC1. The van der Waals surface area contributed by atoms with E-state index in [4.69, 9.17) is 11.6 Å². The van der Waals surface area contributed by atoms with Crippen molar-refractivity contribution in [2.75, 3.05) is 24.4 Å². The number of rotatable bonds is 8. The molecule has 2 N–H and O–H groups in total. The number of para-hydroxylation sites is 1. The lowest BCUT2D eigenvalue weighted by atomic mass is 10.0. The number of carbonyl (C=O) groups is 1. The normalized spacial score (nSPS) is 15.9. The van der Waals surface area contributed by atoms with Gasteiger partial charge in [0.15, 0.2) is 0 Å². The van der Waals surface area contributed by atoms with Crippen LogP contribution in [-0.2, 0) is 14.8 Å². The predicted molar refractivity (Wildman–Crippen MR) is 130 cm³/mol. The zero-order valence-corrected chi connectivity index (χ0v) is 20.0. The number of nitrogens with zero attached hydrogens (tertiary/aromatic N) is 1. The maximum atomic E-state index is 12.6. The number of piperidine rings is 1. The summed E-state index contributed by atoms with van der Waals surface area (Å²) in [6.07, 6.45) is 5.09. The number of benzene rings is 2. The molecular weight excluding hydrogens is 446 g/mol. The number of carbonyl (C=O) groups excluding carboxylic acids is 1. The molecule has 1 aliphatic heterocycles. The van der Waals surface area contributed by atoms with Crippen LogP contribution in [0.15, 0.2) is 59.5 Å². The van der Waals surface area contributed by atoms with Gasteiger partial charge in [0.05, 0.1) is 15.6 Å². The summed E-state index contributed by atoms with van der Waals surface area (Å²) in [6, 6.07) is 13.2. The van der Waals surface area contributed by atoms with Crippen molar-refractivity contribution < 1.29 is 13.2 Å². The highest BCUT2D eigenvalue weighted by Gasteiger charge is 2.20. The van der Waals surface area contributed by atoms with Crippen LogP contribution in [0.4, 0.5) is 5.69 Å². The topological polar surface area (TPSA) is 78.5 Å². The van der Waals surface area contributed by atoms with Crippen molar-refractivity contribution in [2.45, 2.75) is 37.6 Å². The third-order valence-electron chi connectivity index (χ3n) is 5.29. The Morgan fingerprint density at radius 1 is 1.12 bits per heavy atom. The molecule has 1 aliphatic rings. The maximum Gasteiger partial charge on any atom is 0.261 e. The lowest BCUT2D eigenvalue weighted by molar-refractivity contribution is -0.117. The second-order valence-electron chi connectivity index (χ2n) is 8.47. The average Bonchev–Trinajstić information content (AvgIpc) is 2.75. The first-order valence-corrected chi connectivity index (χ1v) is 12.7. The Morgan fingerprint density at radius 3 is 2.41 bits per heavy atom. The van der Waals surface area contributed by atoms with E-state index in [1.165, 1.54) is 18.2 Å². The van der Waals surface area contributed by atoms with Crippen LogP contribution < -0.4 is 10.0 Å². The summed E-state index contributed by atoms with van der Waals surface area (Å²) in [5, 5.41) is 3.39. The molecule has 0 radical (unpaired) electrons. The van der Waals surface area contributed by atoms with Crippen LogP contribution in [0.25, 0.3) is 6.08 Å². The van der Waals surface area contributed by atoms with Crippen LogP contribution in [0.2, 0.25) is 5.02 Å². The highest BCUT2D eigenvalue weighted by atomic mass is 35.5. The number of hydrogen-bond donors (Lipinski definition) is 2. The highest BCUT2D eigenvalue weighted by molar-refractivity contribution is 7.92. The number of halogens is 1. The molecule has 172 valence electrons. The van der Waals surface area contributed by atoms with E-state index in [9.17, 15) is 13.2 Å². The van der Waals surface area contributed by atoms with Crippen molar-refractivity contribution in [3.8, 4) is 0 Å². The van der Waals surface area contributed by atoms with Crippen molar-refractivity contribution in [1.29, 1.82) is 0 Å². The molecule has 0 bridgehead atoms. The standard InChI is InChI=1S/C24H30ClN3O3S/c1-18(2)17-28-15-13-20(14-16-28)26-24(29)12-9-19-7-10-21(11-8-19)32(30,31)27-23-6-4-3-5-22(23)25/h3-12,18,20,27H,13-17H2,1-2H3,(H,26,29)/b12-9+. The molecule has 0 aliphatic carbocycles. The summed E-state index contributed by atoms with van der Waals surface area (Å²) in [5.74, 6) is 0.516. The van der Waals surface area contributed by atoms with Gasteiger partial charge in [-0.2, -0.15) is 0 Å². The van der Waals surface area contributed by atoms with Gasteiger partial charge < -0.3 is 10.2 Å². The lowest BCUT2D eigenvalue weighted by Gasteiger charge is -2.33. The lowest BCUT2D eigenvalue weighted by Crippen LogP contribution is -2.45. The van der Waals surface area contributed by atoms with E-state index in [0.717, 1.165) is 38.0 Å². The van der Waals surface area contributed by atoms with E-state index in [0.29, 0.717) is 16.6 Å². The molecule has 0 unspecified atom stereocenters. The van der Waals surface area contributed by atoms with E-state index in [2.05, 4.69) is 28.8 Å². The van der Waals surface area contributed by atoms with Gasteiger partial charge in [0.25, 0.3) is 10.0 Å². The Morgan fingerprint density at radius 2 is 1.78 bits per heavy atom. The van der Waals surface area contributed by atoms with Crippen molar-refractivity contribution >= 4 is 39.3 Å². The third-order valence-corrected chi connectivity index (χ3v) is 7.00. The van der Waals surface area contributed by atoms with Gasteiger partial charge in [0.1, 0.15) is 0 Å². The van der Waals surface area contributed by atoms with Crippen LogP contribution in [0.1, 0.15) is 32.3 Å². The Hall–Kier alpha value is -2.35. The molecule has 8 heteroatoms. The second-order valence-corrected chi connectivity index (χ2v) is 10.6. The molecule has 6 nitrogen and oxygen atoms in total. The first-order valence-electron chi connectivity index (χ1n) is 10.8. The van der Waals surface area contributed by atoms with E-state index < -0.39 is 10.0 Å². The van der Waals surface area contributed by atoms with Gasteiger partial charge in [-0.25, -0.2) is 8.42 Å². The Kier molecular flexibility index (Phi) is 8.34. The summed E-state index contributed by atoms with van der Waals surface area (Å²) in [7, 11) is -3.76. The van der Waals surface area contributed by atoms with Gasteiger partial charge in [-0.3, -0.25) is 9.52 Å². The highest BCUT2D eigenvalue weighted by Crippen LogP contribution is 2.24. The molecule has 0 saturated carbocycles. The fourth-order valence-corrected chi connectivity index (χ4v) is 5.02. The van der Waals surface area contributed by atoms with E-state index in [-0.39, 0.29) is 16.8 Å². The molecule has 32 heavy (non-hydrogen) atoms. The van der Waals surface area contributed by atoms with E-state index in [1.807, 2.05) is 0 Å². The molecule has 1 amide bonds. The summed E-state index contributed by atoms with van der Waals surface area (Å²) < 4.78 is 27.6. The first kappa shape index (κ1) is 24.3. The van der Waals surface area contributed by atoms with Crippen molar-refractivity contribution in [3.63, 3.8) is 0 Å². The van der Waals surface area contributed by atoms with Gasteiger partial charge in [0, 0.05) is 31.8 Å². The molecule has 2 aromatic rings. The largest absolute Gasteiger partial charge is 0.350 e. The summed E-state index contributed by atoms with van der Waals surface area (Å²) in [6.45, 7) is 7.54. The number of anilines is 1.